The minimum absolute atomic E-state index is 0.165. The van der Waals surface area contributed by atoms with E-state index >= 15 is 0 Å². The summed E-state index contributed by atoms with van der Waals surface area (Å²) in [6, 6.07) is 0.595. The van der Waals surface area contributed by atoms with Crippen molar-refractivity contribution in [2.75, 3.05) is 37.7 Å². The molecule has 1 saturated carbocycles. The molecule has 1 aliphatic heterocycles. The van der Waals surface area contributed by atoms with Gasteiger partial charge in [-0.1, -0.05) is 0 Å². The van der Waals surface area contributed by atoms with Crippen LogP contribution in [0, 0.1) is 0 Å². The average Bonchev–Trinajstić information content (AvgIpc) is 3.15. The zero-order valence-electron chi connectivity index (χ0n) is 11.8. The minimum atomic E-state index is -2.78. The van der Waals surface area contributed by atoms with Crippen LogP contribution in [0.25, 0.3) is 0 Å². The Labute approximate surface area is 116 Å². The molecule has 2 N–H and O–H groups in total. The van der Waals surface area contributed by atoms with Gasteiger partial charge >= 0.3 is 0 Å². The van der Waals surface area contributed by atoms with Crippen molar-refractivity contribution in [3.05, 3.63) is 0 Å². The second-order valence-corrected chi connectivity index (χ2v) is 8.54. The van der Waals surface area contributed by atoms with Gasteiger partial charge in [-0.25, -0.2) is 8.42 Å². The number of nitrogens with zero attached hydrogens (tertiary/aromatic N) is 1. The van der Waals surface area contributed by atoms with Gasteiger partial charge in [-0.3, -0.25) is 0 Å². The normalized spacial score (nSPS) is 27.1. The predicted octanol–water partition coefficient (Wildman–Crippen LogP) is 0.00000000000000111. The third-order valence-electron chi connectivity index (χ3n) is 4.12. The van der Waals surface area contributed by atoms with E-state index in [-0.39, 0.29) is 12.1 Å². The first kappa shape index (κ1) is 15.2. The zero-order chi connectivity index (χ0) is 13.9. The van der Waals surface area contributed by atoms with Crippen molar-refractivity contribution < 1.29 is 13.5 Å². The molecular formula is C13H26N2O3S. The van der Waals surface area contributed by atoms with Crippen molar-refractivity contribution >= 4 is 9.84 Å². The number of aliphatic hydroxyl groups excluding tert-OH is 1. The Kier molecular flexibility index (Phi) is 4.87. The first-order valence-corrected chi connectivity index (χ1v) is 9.06. The number of aliphatic hydroxyl groups is 1. The van der Waals surface area contributed by atoms with Gasteiger partial charge in [-0.05, 0) is 39.2 Å². The average molecular weight is 290 g/mol. The fraction of sp³-hybridized carbons (Fsp3) is 1.00. The lowest BCUT2D eigenvalue weighted by atomic mass is 9.96. The molecule has 0 aromatic rings. The van der Waals surface area contributed by atoms with Crippen molar-refractivity contribution in [3.63, 3.8) is 0 Å². The third kappa shape index (κ3) is 5.02. The van der Waals surface area contributed by atoms with E-state index < -0.39 is 9.84 Å². The number of hydrogen-bond acceptors (Lipinski definition) is 5. The largest absolute Gasteiger partial charge is 0.394 e. The summed E-state index contributed by atoms with van der Waals surface area (Å²) >= 11 is 0. The van der Waals surface area contributed by atoms with Crippen molar-refractivity contribution in [1.29, 1.82) is 0 Å². The van der Waals surface area contributed by atoms with Crippen LogP contribution < -0.4 is 5.32 Å². The summed E-state index contributed by atoms with van der Waals surface area (Å²) in [6.07, 6.45) is 4.37. The molecule has 0 aromatic heterocycles. The first-order valence-electron chi connectivity index (χ1n) is 7.24. The molecule has 1 aliphatic carbocycles. The summed E-state index contributed by atoms with van der Waals surface area (Å²) < 4.78 is 22.7. The molecule has 0 spiro atoms. The lowest BCUT2D eigenvalue weighted by molar-refractivity contribution is 0.155. The van der Waals surface area contributed by atoms with Gasteiger partial charge < -0.3 is 15.3 Å². The molecule has 19 heavy (non-hydrogen) atoms. The Bertz CT molecular complexity index is 381. The van der Waals surface area contributed by atoms with Gasteiger partial charge in [0.2, 0.25) is 0 Å². The quantitative estimate of drug-likeness (QED) is 0.691. The fourth-order valence-electron chi connectivity index (χ4n) is 2.58. The molecular weight excluding hydrogens is 264 g/mol. The smallest absolute Gasteiger partial charge is 0.152 e. The summed E-state index contributed by atoms with van der Waals surface area (Å²) in [5.41, 5.74) is -0.178. The van der Waals surface area contributed by atoms with Crippen LogP contribution >= 0.6 is 0 Å². The zero-order valence-corrected chi connectivity index (χ0v) is 12.6. The number of sulfone groups is 1. The van der Waals surface area contributed by atoms with Crippen molar-refractivity contribution in [1.82, 2.24) is 10.2 Å². The molecule has 2 aliphatic rings. The monoisotopic (exact) mass is 290 g/mol. The maximum Gasteiger partial charge on any atom is 0.152 e. The molecule has 0 aromatic carbocycles. The van der Waals surface area contributed by atoms with Gasteiger partial charge in [-0.15, -0.1) is 0 Å². The highest BCUT2D eigenvalue weighted by molar-refractivity contribution is 7.91. The second-order valence-electron chi connectivity index (χ2n) is 6.23. The number of nitrogens with one attached hydrogen (secondary N) is 1. The Hall–Kier alpha value is -0.170. The highest BCUT2D eigenvalue weighted by atomic mass is 32.2. The number of rotatable bonds is 7. The van der Waals surface area contributed by atoms with Crippen molar-refractivity contribution in [2.45, 2.75) is 44.2 Å². The summed E-state index contributed by atoms with van der Waals surface area (Å²) in [5.74, 6) is 0.592. The Morgan fingerprint density at radius 1 is 1.32 bits per heavy atom. The molecule has 5 nitrogen and oxygen atoms in total. The SMILES string of the molecule is CC(CO)(CCCN1CCS(=O)(=O)CC1)NC1CC1. The van der Waals surface area contributed by atoms with Crippen molar-refractivity contribution in [2.24, 2.45) is 0 Å². The predicted molar refractivity (Wildman–Crippen MR) is 76.0 cm³/mol. The molecule has 1 unspecified atom stereocenters. The van der Waals surface area contributed by atoms with Gasteiger partial charge in [0.25, 0.3) is 0 Å². The Morgan fingerprint density at radius 3 is 2.47 bits per heavy atom. The van der Waals surface area contributed by atoms with Crippen LogP contribution in [0.15, 0.2) is 0 Å². The van der Waals surface area contributed by atoms with E-state index in [4.69, 9.17) is 0 Å². The van der Waals surface area contributed by atoms with E-state index in [1.54, 1.807) is 0 Å². The third-order valence-corrected chi connectivity index (χ3v) is 5.73. The topological polar surface area (TPSA) is 69.6 Å². The van der Waals surface area contributed by atoms with E-state index in [9.17, 15) is 13.5 Å². The molecule has 2 rings (SSSR count). The van der Waals surface area contributed by atoms with Crippen LogP contribution in [0.1, 0.15) is 32.6 Å². The molecule has 1 heterocycles. The summed E-state index contributed by atoms with van der Waals surface area (Å²) in [6.45, 7) is 4.49. The van der Waals surface area contributed by atoms with E-state index in [1.807, 2.05) is 0 Å². The van der Waals surface area contributed by atoms with Gasteiger partial charge in [0, 0.05) is 24.7 Å². The molecule has 2 fully saturated rings. The summed E-state index contributed by atoms with van der Waals surface area (Å²) in [4.78, 5) is 2.22. The minimum Gasteiger partial charge on any atom is -0.394 e. The highest BCUT2D eigenvalue weighted by Crippen LogP contribution is 2.24. The molecule has 6 heteroatoms. The summed E-state index contributed by atoms with van der Waals surface area (Å²) in [7, 11) is -2.78. The van der Waals surface area contributed by atoms with Gasteiger partial charge in [0.05, 0.1) is 18.1 Å². The molecule has 0 radical (unpaired) electrons. The van der Waals surface area contributed by atoms with Gasteiger partial charge in [-0.2, -0.15) is 0 Å². The molecule has 112 valence electrons. The molecule has 1 atom stereocenters. The van der Waals surface area contributed by atoms with Crippen LogP contribution in [-0.4, -0.2) is 67.8 Å². The van der Waals surface area contributed by atoms with E-state index in [1.165, 1.54) is 12.8 Å². The first-order chi connectivity index (χ1) is 8.92. The lowest BCUT2D eigenvalue weighted by Gasteiger charge is -2.31. The van der Waals surface area contributed by atoms with E-state index in [2.05, 4.69) is 17.1 Å². The van der Waals surface area contributed by atoms with Crippen LogP contribution in [0.5, 0.6) is 0 Å². The standard InChI is InChI=1S/C13H26N2O3S/c1-13(11-16,14-12-3-4-12)5-2-6-15-7-9-19(17,18)10-8-15/h12,14,16H,2-11H2,1H3. The molecule has 1 saturated heterocycles. The highest BCUT2D eigenvalue weighted by Gasteiger charge is 2.31. The van der Waals surface area contributed by atoms with Gasteiger partial charge in [0.15, 0.2) is 9.84 Å². The molecule has 0 amide bonds. The van der Waals surface area contributed by atoms with Crippen LogP contribution in [0.4, 0.5) is 0 Å². The second kappa shape index (κ2) is 6.08. The maximum absolute atomic E-state index is 11.3. The fourth-order valence-corrected chi connectivity index (χ4v) is 3.86. The van der Waals surface area contributed by atoms with E-state index in [0.717, 1.165) is 19.4 Å². The maximum atomic E-state index is 11.3. The number of hydrogen-bond donors (Lipinski definition) is 2. The Morgan fingerprint density at radius 2 is 1.95 bits per heavy atom. The van der Waals surface area contributed by atoms with Crippen LogP contribution in [-0.2, 0) is 9.84 Å². The molecule has 0 bridgehead atoms. The van der Waals surface area contributed by atoms with Crippen LogP contribution in [0.3, 0.4) is 0 Å². The van der Waals surface area contributed by atoms with Crippen molar-refractivity contribution in [3.8, 4) is 0 Å². The van der Waals surface area contributed by atoms with Crippen LogP contribution in [0.2, 0.25) is 0 Å². The Balaban J connectivity index is 1.67. The lowest BCUT2D eigenvalue weighted by Crippen LogP contribution is -2.48. The van der Waals surface area contributed by atoms with E-state index in [0.29, 0.717) is 30.6 Å². The van der Waals surface area contributed by atoms with Gasteiger partial charge in [0.1, 0.15) is 0 Å². The summed E-state index contributed by atoms with van der Waals surface area (Å²) in [5, 5.41) is 13.0.